The Bertz CT molecular complexity index is 1360. The lowest BCUT2D eigenvalue weighted by Crippen LogP contribution is -2.58. The third-order valence-corrected chi connectivity index (χ3v) is 11.2. The molecular formula is C35H42N2O5S. The molecular weight excluding hydrogens is 560 g/mol. The van der Waals surface area contributed by atoms with E-state index in [-0.39, 0.29) is 42.8 Å². The topological polar surface area (TPSA) is 87.1 Å². The Morgan fingerprint density at radius 2 is 1.86 bits per heavy atom. The summed E-state index contributed by atoms with van der Waals surface area (Å²) >= 11 is 1.61. The first kappa shape index (κ1) is 31.1. The number of benzene rings is 2. The highest BCUT2D eigenvalue weighted by Gasteiger charge is 2.74. The van der Waals surface area contributed by atoms with Gasteiger partial charge in [0, 0.05) is 17.5 Å². The summed E-state index contributed by atoms with van der Waals surface area (Å²) < 4.78 is 4.92. The maximum absolute atomic E-state index is 15.0. The number of esters is 1. The normalized spacial score (nSPS) is 26.2. The number of fused-ring (bicyclic) bond motifs is 1. The van der Waals surface area contributed by atoms with Crippen molar-refractivity contribution in [2.45, 2.75) is 68.0 Å². The van der Waals surface area contributed by atoms with Gasteiger partial charge in [-0.25, -0.2) is 0 Å². The van der Waals surface area contributed by atoms with Crippen LogP contribution >= 0.6 is 11.8 Å². The molecule has 2 amide bonds. The summed E-state index contributed by atoms with van der Waals surface area (Å²) in [6.07, 6.45) is 6.67. The van der Waals surface area contributed by atoms with Gasteiger partial charge in [0.05, 0.1) is 35.8 Å². The molecule has 0 saturated carbocycles. The van der Waals surface area contributed by atoms with Crippen LogP contribution in [0.1, 0.15) is 42.4 Å². The molecule has 2 aromatic carbocycles. The number of para-hydroxylation sites is 1. The first-order valence-electron chi connectivity index (χ1n) is 15.2. The average Bonchev–Trinajstić information content (AvgIpc) is 3.65. The molecule has 1 N–H and O–H groups in total. The van der Waals surface area contributed by atoms with E-state index in [1.165, 1.54) is 0 Å². The molecule has 3 fully saturated rings. The number of nitrogens with zero attached hydrogens (tertiary/aromatic N) is 2. The van der Waals surface area contributed by atoms with Crippen LogP contribution < -0.4 is 4.90 Å². The Morgan fingerprint density at radius 3 is 2.51 bits per heavy atom. The molecule has 7 nitrogen and oxygen atoms in total. The second kappa shape index (κ2) is 13.1. The van der Waals surface area contributed by atoms with Gasteiger partial charge in [0.2, 0.25) is 5.91 Å². The zero-order chi connectivity index (χ0) is 30.7. The molecule has 3 aliphatic heterocycles. The van der Waals surface area contributed by atoms with Crippen molar-refractivity contribution < 1.29 is 24.2 Å². The summed E-state index contributed by atoms with van der Waals surface area (Å²) in [4.78, 5) is 46.5. The summed E-state index contributed by atoms with van der Waals surface area (Å²) in [6, 6.07) is 14.1. The number of rotatable bonds is 13. The standard InChI is InChI=1S/C35H42N2O5S/c1-5-7-11-20-42-34(41)28-27-17-18-35(43-27)29(28)32(39)37(26(22-38)21-25-15-9-8-10-16-25)31(35)33(40)36(19-6-2)30-23(3)13-12-14-24(30)4/h5-6,8-10,12-16,26-29,31,38H,1-2,7,11,17-22H2,3-4H3/t26-,27-,28+,29+,31?,35?/m1/s1. The average molecular weight is 603 g/mol. The molecule has 2 aromatic rings. The largest absolute Gasteiger partial charge is 0.465 e. The number of carbonyl (C=O) groups excluding carboxylic acids is 3. The van der Waals surface area contributed by atoms with Crippen molar-refractivity contribution in [2.75, 3.05) is 24.7 Å². The van der Waals surface area contributed by atoms with Crippen LogP contribution in [0.5, 0.6) is 0 Å². The second-order valence-electron chi connectivity index (χ2n) is 11.9. The molecule has 1 spiro atoms. The molecule has 0 aliphatic carbocycles. The number of unbranched alkanes of at least 4 members (excludes halogenated alkanes) is 1. The molecule has 3 saturated heterocycles. The van der Waals surface area contributed by atoms with E-state index in [1.807, 2.05) is 62.4 Å². The molecule has 5 rings (SSSR count). The number of likely N-dealkylation sites (tertiary alicyclic amines) is 1. The minimum atomic E-state index is -0.849. The summed E-state index contributed by atoms with van der Waals surface area (Å²) in [5.74, 6) is -2.12. The zero-order valence-corrected chi connectivity index (χ0v) is 25.9. The van der Waals surface area contributed by atoms with Gasteiger partial charge in [-0.15, -0.1) is 24.9 Å². The SMILES string of the molecule is C=CCCCOC(=O)[C@@H]1[C@H]2C(=O)N([C@@H](CO)Cc3ccccc3)C(C(=O)N(CC=C)c3c(C)cccc3C)C23CC[C@H]1S3. The predicted octanol–water partition coefficient (Wildman–Crippen LogP) is 5.03. The molecule has 8 heteroatoms. The number of hydrogen-bond acceptors (Lipinski definition) is 6. The summed E-state index contributed by atoms with van der Waals surface area (Å²) in [5.41, 5.74) is 3.67. The van der Waals surface area contributed by atoms with E-state index in [0.29, 0.717) is 19.3 Å². The van der Waals surface area contributed by atoms with Crippen molar-refractivity contribution in [2.24, 2.45) is 11.8 Å². The number of aliphatic hydroxyl groups is 1. The van der Waals surface area contributed by atoms with Gasteiger partial charge in [-0.2, -0.15) is 0 Å². The summed E-state index contributed by atoms with van der Waals surface area (Å²) in [7, 11) is 0. The smallest absolute Gasteiger partial charge is 0.310 e. The highest BCUT2D eigenvalue weighted by atomic mass is 32.2. The Labute approximate surface area is 259 Å². The molecule has 2 bridgehead atoms. The van der Waals surface area contributed by atoms with Crippen molar-refractivity contribution in [1.82, 2.24) is 4.90 Å². The van der Waals surface area contributed by atoms with Gasteiger partial charge in [0.25, 0.3) is 5.91 Å². The molecule has 3 aliphatic rings. The number of allylic oxidation sites excluding steroid dienone is 1. The first-order chi connectivity index (χ1) is 20.8. The lowest BCUT2D eigenvalue weighted by Gasteiger charge is -2.40. The third kappa shape index (κ3) is 5.55. The van der Waals surface area contributed by atoms with Crippen LogP contribution in [0.2, 0.25) is 0 Å². The van der Waals surface area contributed by atoms with Crippen LogP contribution in [0.25, 0.3) is 0 Å². The van der Waals surface area contributed by atoms with Gasteiger partial charge in [-0.3, -0.25) is 14.4 Å². The van der Waals surface area contributed by atoms with E-state index >= 15 is 0 Å². The first-order valence-corrected chi connectivity index (χ1v) is 16.1. The van der Waals surface area contributed by atoms with Crippen molar-refractivity contribution >= 4 is 35.2 Å². The van der Waals surface area contributed by atoms with Crippen molar-refractivity contribution in [3.63, 3.8) is 0 Å². The molecule has 3 heterocycles. The van der Waals surface area contributed by atoms with Crippen molar-refractivity contribution in [3.8, 4) is 0 Å². The maximum atomic E-state index is 15.0. The number of ether oxygens (including phenoxy) is 1. The van der Waals surface area contributed by atoms with Gasteiger partial charge < -0.3 is 19.6 Å². The van der Waals surface area contributed by atoms with Gasteiger partial charge in [0.1, 0.15) is 6.04 Å². The van der Waals surface area contributed by atoms with Gasteiger partial charge in [-0.05, 0) is 62.6 Å². The number of amides is 2. The number of carbonyl (C=O) groups is 3. The lowest BCUT2D eigenvalue weighted by molar-refractivity contribution is -0.154. The predicted molar refractivity (Wildman–Crippen MR) is 171 cm³/mol. The van der Waals surface area contributed by atoms with Crippen molar-refractivity contribution in [1.29, 1.82) is 0 Å². The number of thioether (sulfide) groups is 1. The number of aliphatic hydroxyl groups excluding tert-OH is 1. The molecule has 228 valence electrons. The van der Waals surface area contributed by atoms with Gasteiger partial charge >= 0.3 is 5.97 Å². The van der Waals surface area contributed by atoms with Crippen LogP contribution in [-0.2, 0) is 25.5 Å². The van der Waals surface area contributed by atoms with E-state index in [2.05, 4.69) is 13.2 Å². The Kier molecular flexibility index (Phi) is 9.47. The molecule has 0 radical (unpaired) electrons. The van der Waals surface area contributed by atoms with Crippen LogP contribution in [0.15, 0.2) is 73.8 Å². The zero-order valence-electron chi connectivity index (χ0n) is 25.1. The van der Waals surface area contributed by atoms with Crippen LogP contribution in [0.3, 0.4) is 0 Å². The van der Waals surface area contributed by atoms with Crippen molar-refractivity contribution in [3.05, 3.63) is 90.5 Å². The number of anilines is 1. The van der Waals surface area contributed by atoms with E-state index in [4.69, 9.17) is 4.74 Å². The fourth-order valence-electron chi connectivity index (χ4n) is 7.46. The third-order valence-electron chi connectivity index (χ3n) is 9.25. The number of aryl methyl sites for hydroxylation is 2. The number of hydrogen-bond donors (Lipinski definition) is 1. The van der Waals surface area contributed by atoms with Crippen LogP contribution in [0.4, 0.5) is 5.69 Å². The Balaban J connectivity index is 1.58. The van der Waals surface area contributed by atoms with Crippen LogP contribution in [0, 0.1) is 25.7 Å². The Morgan fingerprint density at radius 1 is 1.14 bits per heavy atom. The Hall–Kier alpha value is -3.36. The summed E-state index contributed by atoms with van der Waals surface area (Å²) in [6.45, 7) is 11.9. The summed E-state index contributed by atoms with van der Waals surface area (Å²) in [5, 5.41) is 10.7. The fourth-order valence-corrected chi connectivity index (χ4v) is 9.65. The van der Waals surface area contributed by atoms with Crippen LogP contribution in [-0.4, -0.2) is 69.6 Å². The maximum Gasteiger partial charge on any atom is 0.310 e. The molecule has 0 aromatic heterocycles. The molecule has 2 unspecified atom stereocenters. The second-order valence-corrected chi connectivity index (χ2v) is 13.5. The van der Waals surface area contributed by atoms with Gasteiger partial charge in [0.15, 0.2) is 0 Å². The minimum Gasteiger partial charge on any atom is -0.465 e. The highest BCUT2D eigenvalue weighted by Crippen LogP contribution is 2.67. The lowest BCUT2D eigenvalue weighted by atomic mass is 9.71. The van der Waals surface area contributed by atoms with Gasteiger partial charge in [-0.1, -0.05) is 60.7 Å². The monoisotopic (exact) mass is 602 g/mol. The fraction of sp³-hybridized carbons (Fsp3) is 0.457. The van der Waals surface area contributed by atoms with E-state index in [1.54, 1.807) is 33.7 Å². The van der Waals surface area contributed by atoms with E-state index < -0.39 is 28.7 Å². The molecule has 6 atom stereocenters. The van der Waals surface area contributed by atoms with E-state index in [0.717, 1.165) is 35.2 Å². The minimum absolute atomic E-state index is 0.0898. The highest BCUT2D eigenvalue weighted by molar-refractivity contribution is 8.02. The van der Waals surface area contributed by atoms with E-state index in [9.17, 15) is 19.5 Å². The molecule has 43 heavy (non-hydrogen) atoms. The quantitative estimate of drug-likeness (QED) is 0.197.